The Morgan fingerprint density at radius 2 is 2.29 bits per heavy atom. The van der Waals surface area contributed by atoms with Gasteiger partial charge in [0.1, 0.15) is 5.15 Å². The van der Waals surface area contributed by atoms with Gasteiger partial charge >= 0.3 is 0 Å². The van der Waals surface area contributed by atoms with E-state index in [1.807, 2.05) is 0 Å². The summed E-state index contributed by atoms with van der Waals surface area (Å²) in [5.74, 6) is -0.0998. The Balaban J connectivity index is 2.82. The van der Waals surface area contributed by atoms with Crippen LogP contribution >= 0.6 is 27.5 Å². The summed E-state index contributed by atoms with van der Waals surface area (Å²) in [6, 6.07) is 3.38. The summed E-state index contributed by atoms with van der Waals surface area (Å²) in [7, 11) is 0. The van der Waals surface area contributed by atoms with Crippen molar-refractivity contribution >= 4 is 39.1 Å². The van der Waals surface area contributed by atoms with Gasteiger partial charge < -0.3 is 5.32 Å². The molecule has 1 rings (SSSR count). The molecule has 0 bridgehead atoms. The number of carbonyl (C=O) groups excluding carboxylic acids is 1. The molecule has 0 fully saturated rings. The highest BCUT2D eigenvalue weighted by atomic mass is 79.9. The number of aromatic nitrogens is 1. The van der Waals surface area contributed by atoms with Crippen LogP contribution in [0, 0.1) is 6.92 Å². The molecular formula is C9H10BrClN2O. The molecule has 0 saturated carbocycles. The van der Waals surface area contributed by atoms with E-state index in [1.54, 1.807) is 26.0 Å². The van der Waals surface area contributed by atoms with Crippen molar-refractivity contribution in [3.63, 3.8) is 0 Å². The fourth-order valence-corrected chi connectivity index (χ4v) is 1.20. The van der Waals surface area contributed by atoms with Crippen molar-refractivity contribution in [2.75, 3.05) is 5.32 Å². The molecule has 0 aromatic carbocycles. The minimum absolute atomic E-state index is 0.0998. The van der Waals surface area contributed by atoms with E-state index in [0.29, 0.717) is 16.5 Å². The van der Waals surface area contributed by atoms with Crippen LogP contribution in [0.2, 0.25) is 5.15 Å². The summed E-state index contributed by atoms with van der Waals surface area (Å²) in [5.41, 5.74) is 1.39. The number of nitrogens with zero attached hydrogens (tertiary/aromatic N) is 1. The molecule has 1 N–H and O–H groups in total. The van der Waals surface area contributed by atoms with Gasteiger partial charge in [-0.1, -0.05) is 27.5 Å². The molecule has 1 aromatic rings. The maximum absolute atomic E-state index is 11.3. The molecule has 3 nitrogen and oxygen atoms in total. The van der Waals surface area contributed by atoms with E-state index >= 15 is 0 Å². The van der Waals surface area contributed by atoms with Crippen molar-refractivity contribution < 1.29 is 4.79 Å². The van der Waals surface area contributed by atoms with Crippen LogP contribution in [-0.4, -0.2) is 15.7 Å². The summed E-state index contributed by atoms with van der Waals surface area (Å²) < 4.78 is 0. The lowest BCUT2D eigenvalue weighted by molar-refractivity contribution is -0.115. The standard InChI is InChI=1S/C9H10BrClN2O/c1-5(10)9(14)13-7-3-4-8(11)12-6(7)2/h3-5H,1-2H3,(H,13,14). The fourth-order valence-electron chi connectivity index (χ4n) is 0.895. The van der Waals surface area contributed by atoms with Gasteiger partial charge in [0.2, 0.25) is 5.91 Å². The lowest BCUT2D eigenvalue weighted by atomic mass is 10.3. The van der Waals surface area contributed by atoms with Crippen LogP contribution in [0.3, 0.4) is 0 Å². The largest absolute Gasteiger partial charge is 0.324 e. The van der Waals surface area contributed by atoms with Crippen molar-refractivity contribution in [1.29, 1.82) is 0 Å². The summed E-state index contributed by atoms with van der Waals surface area (Å²) in [6.07, 6.45) is 0. The van der Waals surface area contributed by atoms with E-state index in [9.17, 15) is 4.79 Å². The quantitative estimate of drug-likeness (QED) is 0.667. The average Bonchev–Trinajstić information content (AvgIpc) is 2.09. The predicted octanol–water partition coefficient (Wildman–Crippen LogP) is 2.77. The summed E-state index contributed by atoms with van der Waals surface area (Å²) in [5, 5.41) is 3.15. The van der Waals surface area contributed by atoms with Gasteiger partial charge in [-0.15, -0.1) is 0 Å². The van der Waals surface area contributed by atoms with Gasteiger partial charge in [0.05, 0.1) is 16.2 Å². The van der Waals surface area contributed by atoms with Crippen molar-refractivity contribution in [2.24, 2.45) is 0 Å². The molecule has 1 atom stereocenters. The number of alkyl halides is 1. The first-order valence-electron chi connectivity index (χ1n) is 4.09. The highest BCUT2D eigenvalue weighted by Gasteiger charge is 2.10. The molecule has 5 heteroatoms. The molecule has 1 aromatic heterocycles. The van der Waals surface area contributed by atoms with Gasteiger partial charge in [-0.3, -0.25) is 4.79 Å². The van der Waals surface area contributed by atoms with Crippen LogP contribution in [0.5, 0.6) is 0 Å². The Hall–Kier alpha value is -0.610. The Morgan fingerprint density at radius 1 is 1.64 bits per heavy atom. The topological polar surface area (TPSA) is 42.0 Å². The van der Waals surface area contributed by atoms with Gasteiger partial charge in [0, 0.05) is 0 Å². The zero-order valence-electron chi connectivity index (χ0n) is 7.84. The Bertz CT molecular complexity index is 355. The number of aryl methyl sites for hydroxylation is 1. The molecule has 0 aliphatic heterocycles. The van der Waals surface area contributed by atoms with Crippen LogP contribution in [0.25, 0.3) is 0 Å². The monoisotopic (exact) mass is 276 g/mol. The summed E-state index contributed by atoms with van der Waals surface area (Å²) in [6.45, 7) is 3.55. The number of nitrogens with one attached hydrogen (secondary N) is 1. The molecular weight excluding hydrogens is 267 g/mol. The molecule has 0 radical (unpaired) electrons. The van der Waals surface area contributed by atoms with E-state index in [-0.39, 0.29) is 10.7 Å². The third-order valence-corrected chi connectivity index (χ3v) is 2.30. The Labute approximate surface area is 96.0 Å². The van der Waals surface area contributed by atoms with Gasteiger partial charge in [0.15, 0.2) is 0 Å². The predicted molar refractivity (Wildman–Crippen MR) is 61.0 cm³/mol. The summed E-state index contributed by atoms with van der Waals surface area (Å²) in [4.78, 5) is 15.1. The maximum Gasteiger partial charge on any atom is 0.237 e. The third kappa shape index (κ3) is 2.96. The maximum atomic E-state index is 11.3. The van der Waals surface area contributed by atoms with E-state index in [0.717, 1.165) is 0 Å². The normalized spacial score (nSPS) is 12.3. The zero-order valence-corrected chi connectivity index (χ0v) is 10.2. The molecule has 1 heterocycles. The van der Waals surface area contributed by atoms with Crippen LogP contribution in [0.4, 0.5) is 5.69 Å². The van der Waals surface area contributed by atoms with Crippen molar-refractivity contribution in [3.8, 4) is 0 Å². The lowest BCUT2D eigenvalue weighted by Crippen LogP contribution is -2.20. The van der Waals surface area contributed by atoms with Crippen LogP contribution in [0.15, 0.2) is 12.1 Å². The molecule has 0 saturated heterocycles. The van der Waals surface area contributed by atoms with E-state index in [1.165, 1.54) is 0 Å². The molecule has 1 unspecified atom stereocenters. The van der Waals surface area contributed by atoms with E-state index < -0.39 is 0 Å². The number of rotatable bonds is 2. The van der Waals surface area contributed by atoms with Crippen LogP contribution in [-0.2, 0) is 4.79 Å². The SMILES string of the molecule is Cc1nc(Cl)ccc1NC(=O)C(C)Br. The molecule has 0 aliphatic carbocycles. The number of halogens is 2. The lowest BCUT2D eigenvalue weighted by Gasteiger charge is -2.08. The first kappa shape index (κ1) is 11.5. The number of amides is 1. The minimum Gasteiger partial charge on any atom is -0.324 e. The molecule has 14 heavy (non-hydrogen) atoms. The highest BCUT2D eigenvalue weighted by Crippen LogP contribution is 2.16. The second-order valence-corrected chi connectivity index (χ2v) is 4.63. The number of anilines is 1. The molecule has 1 amide bonds. The molecule has 0 spiro atoms. The van der Waals surface area contributed by atoms with Gasteiger partial charge in [-0.2, -0.15) is 0 Å². The zero-order chi connectivity index (χ0) is 10.7. The number of hydrogen-bond acceptors (Lipinski definition) is 2. The minimum atomic E-state index is -0.224. The highest BCUT2D eigenvalue weighted by molar-refractivity contribution is 9.10. The van der Waals surface area contributed by atoms with E-state index in [2.05, 4.69) is 26.2 Å². The number of hydrogen-bond donors (Lipinski definition) is 1. The Kier molecular flexibility index (Phi) is 3.89. The van der Waals surface area contributed by atoms with Crippen LogP contribution < -0.4 is 5.32 Å². The number of carbonyl (C=O) groups is 1. The smallest absolute Gasteiger partial charge is 0.237 e. The van der Waals surface area contributed by atoms with E-state index in [4.69, 9.17) is 11.6 Å². The first-order chi connectivity index (χ1) is 6.50. The Morgan fingerprint density at radius 3 is 2.79 bits per heavy atom. The van der Waals surface area contributed by atoms with Gasteiger partial charge in [-0.25, -0.2) is 4.98 Å². The van der Waals surface area contributed by atoms with Crippen molar-refractivity contribution in [1.82, 2.24) is 4.98 Å². The van der Waals surface area contributed by atoms with Gasteiger partial charge in [0.25, 0.3) is 0 Å². The first-order valence-corrected chi connectivity index (χ1v) is 5.38. The second-order valence-electron chi connectivity index (χ2n) is 2.87. The average molecular weight is 278 g/mol. The summed E-state index contributed by atoms with van der Waals surface area (Å²) >= 11 is 8.86. The third-order valence-electron chi connectivity index (χ3n) is 1.67. The second kappa shape index (κ2) is 4.75. The van der Waals surface area contributed by atoms with Crippen molar-refractivity contribution in [2.45, 2.75) is 18.7 Å². The van der Waals surface area contributed by atoms with Crippen LogP contribution in [0.1, 0.15) is 12.6 Å². The molecule has 76 valence electrons. The van der Waals surface area contributed by atoms with Crippen molar-refractivity contribution in [3.05, 3.63) is 23.0 Å². The number of pyridine rings is 1. The van der Waals surface area contributed by atoms with Gasteiger partial charge in [-0.05, 0) is 26.0 Å². The fraction of sp³-hybridized carbons (Fsp3) is 0.333. The molecule has 0 aliphatic rings.